The first-order chi connectivity index (χ1) is 8.01. The molecule has 0 aliphatic heterocycles. The molecule has 1 aromatic heterocycles. The molecule has 0 saturated heterocycles. The first kappa shape index (κ1) is 14.2. The predicted molar refractivity (Wildman–Crippen MR) is 73.3 cm³/mol. The summed E-state index contributed by atoms with van der Waals surface area (Å²) in [5, 5.41) is 8.24. The summed E-state index contributed by atoms with van der Waals surface area (Å²) < 4.78 is 2.09. The van der Waals surface area contributed by atoms with Gasteiger partial charge in [0.15, 0.2) is 0 Å². The Kier molecular flexibility index (Phi) is 5.19. The van der Waals surface area contributed by atoms with Gasteiger partial charge in [0.1, 0.15) is 0 Å². The average molecular weight is 237 g/mol. The van der Waals surface area contributed by atoms with Crippen molar-refractivity contribution in [3.63, 3.8) is 0 Å². The minimum absolute atomic E-state index is 0.386. The van der Waals surface area contributed by atoms with E-state index >= 15 is 0 Å². The van der Waals surface area contributed by atoms with Gasteiger partial charge < -0.3 is 5.32 Å². The van der Waals surface area contributed by atoms with Gasteiger partial charge in [-0.25, -0.2) is 0 Å². The fraction of sp³-hybridized carbons (Fsp3) is 0.786. The van der Waals surface area contributed by atoms with Crippen molar-refractivity contribution >= 4 is 0 Å². The number of rotatable bonds is 6. The van der Waals surface area contributed by atoms with Crippen LogP contribution in [0.15, 0.2) is 0 Å². The first-order valence-electron chi connectivity index (χ1n) is 6.81. The van der Waals surface area contributed by atoms with Crippen molar-refractivity contribution in [3.05, 3.63) is 17.0 Å². The summed E-state index contributed by atoms with van der Waals surface area (Å²) in [6, 6.07) is 0.954. The highest BCUT2D eigenvalue weighted by Gasteiger charge is 2.17. The third-order valence-electron chi connectivity index (χ3n) is 3.43. The number of nitrogens with one attached hydrogen (secondary N) is 1. The smallest absolute Gasteiger partial charge is 0.0644 e. The molecule has 1 aromatic rings. The number of aromatic nitrogens is 2. The molecule has 0 aliphatic carbocycles. The van der Waals surface area contributed by atoms with E-state index in [4.69, 9.17) is 0 Å². The highest BCUT2D eigenvalue weighted by Crippen LogP contribution is 2.22. The van der Waals surface area contributed by atoms with E-state index in [9.17, 15) is 0 Å². The minimum atomic E-state index is 0.386. The van der Waals surface area contributed by atoms with Gasteiger partial charge in [0, 0.05) is 29.9 Å². The van der Waals surface area contributed by atoms with Gasteiger partial charge >= 0.3 is 0 Å². The molecule has 0 fully saturated rings. The summed E-state index contributed by atoms with van der Waals surface area (Å²) in [6.07, 6.45) is 2.46. The highest BCUT2D eigenvalue weighted by atomic mass is 15.3. The van der Waals surface area contributed by atoms with Crippen LogP contribution in [-0.2, 0) is 6.54 Å². The monoisotopic (exact) mass is 237 g/mol. The normalized spacial score (nSPS) is 14.9. The summed E-state index contributed by atoms with van der Waals surface area (Å²) >= 11 is 0. The van der Waals surface area contributed by atoms with Crippen LogP contribution in [0.5, 0.6) is 0 Å². The molecule has 2 atom stereocenters. The molecule has 3 heteroatoms. The molecule has 0 aliphatic rings. The maximum absolute atomic E-state index is 4.58. The highest BCUT2D eigenvalue weighted by molar-refractivity contribution is 5.27. The molecule has 1 N–H and O–H groups in total. The SMILES string of the molecule is CCCC(C)NC(C)c1c(C)nn(CC)c1C. The van der Waals surface area contributed by atoms with E-state index in [0.29, 0.717) is 12.1 Å². The lowest BCUT2D eigenvalue weighted by molar-refractivity contribution is 0.450. The first-order valence-corrected chi connectivity index (χ1v) is 6.81. The van der Waals surface area contributed by atoms with Crippen molar-refractivity contribution in [1.29, 1.82) is 0 Å². The van der Waals surface area contributed by atoms with Crippen LogP contribution in [0.3, 0.4) is 0 Å². The zero-order valence-corrected chi connectivity index (χ0v) is 12.2. The fourth-order valence-electron chi connectivity index (χ4n) is 2.67. The molecule has 0 radical (unpaired) electrons. The largest absolute Gasteiger partial charge is 0.308 e. The second kappa shape index (κ2) is 6.20. The summed E-state index contributed by atoms with van der Waals surface area (Å²) in [5.74, 6) is 0. The lowest BCUT2D eigenvalue weighted by Gasteiger charge is -2.20. The molecule has 17 heavy (non-hydrogen) atoms. The Balaban J connectivity index is 2.81. The number of hydrogen-bond donors (Lipinski definition) is 1. The second-order valence-corrected chi connectivity index (χ2v) is 4.98. The average Bonchev–Trinajstić information content (AvgIpc) is 2.53. The summed E-state index contributed by atoms with van der Waals surface area (Å²) in [6.45, 7) is 14.1. The van der Waals surface area contributed by atoms with Crippen LogP contribution in [0.2, 0.25) is 0 Å². The molecular formula is C14H27N3. The Labute approximate surface area is 106 Å². The summed E-state index contributed by atoms with van der Waals surface area (Å²) in [7, 11) is 0. The van der Waals surface area contributed by atoms with Crippen LogP contribution in [-0.4, -0.2) is 15.8 Å². The van der Waals surface area contributed by atoms with Gasteiger partial charge in [0.2, 0.25) is 0 Å². The van der Waals surface area contributed by atoms with Crippen molar-refractivity contribution < 1.29 is 0 Å². The van der Waals surface area contributed by atoms with Gasteiger partial charge in [-0.05, 0) is 41.0 Å². The molecule has 0 saturated carbocycles. The van der Waals surface area contributed by atoms with Crippen molar-refractivity contribution in [1.82, 2.24) is 15.1 Å². The summed E-state index contributed by atoms with van der Waals surface area (Å²) in [5.41, 5.74) is 3.83. The van der Waals surface area contributed by atoms with Crippen LogP contribution >= 0.6 is 0 Å². The standard InChI is InChI=1S/C14H27N3/c1-7-9-10(3)15-11(4)14-12(5)16-17(8-2)13(14)6/h10-11,15H,7-9H2,1-6H3. The quantitative estimate of drug-likeness (QED) is 0.822. The Morgan fingerprint density at radius 2 is 1.88 bits per heavy atom. The third-order valence-corrected chi connectivity index (χ3v) is 3.43. The molecule has 0 bridgehead atoms. The van der Waals surface area contributed by atoms with E-state index in [1.165, 1.54) is 24.1 Å². The van der Waals surface area contributed by atoms with Gasteiger partial charge in [0.05, 0.1) is 5.69 Å². The van der Waals surface area contributed by atoms with E-state index in [2.05, 4.69) is 56.6 Å². The van der Waals surface area contributed by atoms with Gasteiger partial charge in [-0.15, -0.1) is 0 Å². The second-order valence-electron chi connectivity index (χ2n) is 4.98. The maximum Gasteiger partial charge on any atom is 0.0644 e. The van der Waals surface area contributed by atoms with Crippen LogP contribution in [0, 0.1) is 13.8 Å². The summed E-state index contributed by atoms with van der Waals surface area (Å²) in [4.78, 5) is 0. The molecule has 3 nitrogen and oxygen atoms in total. The Hall–Kier alpha value is -0.830. The lowest BCUT2D eigenvalue weighted by atomic mass is 10.0. The lowest BCUT2D eigenvalue weighted by Crippen LogP contribution is -2.29. The van der Waals surface area contributed by atoms with E-state index < -0.39 is 0 Å². The van der Waals surface area contributed by atoms with Crippen molar-refractivity contribution in [3.8, 4) is 0 Å². The van der Waals surface area contributed by atoms with Gasteiger partial charge in [-0.3, -0.25) is 4.68 Å². The van der Waals surface area contributed by atoms with Crippen LogP contribution < -0.4 is 5.32 Å². The third kappa shape index (κ3) is 3.32. The minimum Gasteiger partial charge on any atom is -0.308 e. The Morgan fingerprint density at radius 3 is 2.35 bits per heavy atom. The van der Waals surface area contributed by atoms with Gasteiger partial charge in [0.25, 0.3) is 0 Å². The van der Waals surface area contributed by atoms with Crippen molar-refractivity contribution in [2.24, 2.45) is 0 Å². The molecule has 98 valence electrons. The van der Waals surface area contributed by atoms with Crippen LogP contribution in [0.1, 0.15) is 63.5 Å². The number of hydrogen-bond acceptors (Lipinski definition) is 2. The van der Waals surface area contributed by atoms with Gasteiger partial charge in [-0.1, -0.05) is 13.3 Å². The van der Waals surface area contributed by atoms with Crippen LogP contribution in [0.25, 0.3) is 0 Å². The maximum atomic E-state index is 4.58. The van der Waals surface area contributed by atoms with Crippen molar-refractivity contribution in [2.45, 2.75) is 73.0 Å². The number of aryl methyl sites for hydroxylation is 2. The molecular weight excluding hydrogens is 210 g/mol. The topological polar surface area (TPSA) is 29.9 Å². The number of nitrogens with zero attached hydrogens (tertiary/aromatic N) is 2. The predicted octanol–water partition coefficient (Wildman–Crippen LogP) is 3.36. The zero-order chi connectivity index (χ0) is 13.0. The molecule has 0 aromatic carbocycles. The van der Waals surface area contributed by atoms with Gasteiger partial charge in [-0.2, -0.15) is 5.10 Å². The Morgan fingerprint density at radius 1 is 1.24 bits per heavy atom. The molecule has 0 amide bonds. The molecule has 1 heterocycles. The van der Waals surface area contributed by atoms with E-state index in [0.717, 1.165) is 12.2 Å². The molecule has 0 spiro atoms. The molecule has 1 rings (SSSR count). The Bertz CT molecular complexity index is 355. The van der Waals surface area contributed by atoms with E-state index in [-0.39, 0.29) is 0 Å². The van der Waals surface area contributed by atoms with E-state index in [1.807, 2.05) is 0 Å². The van der Waals surface area contributed by atoms with Crippen molar-refractivity contribution in [2.75, 3.05) is 0 Å². The van der Waals surface area contributed by atoms with E-state index in [1.54, 1.807) is 0 Å². The van der Waals surface area contributed by atoms with Crippen LogP contribution in [0.4, 0.5) is 0 Å². The fourth-order valence-corrected chi connectivity index (χ4v) is 2.67. The zero-order valence-electron chi connectivity index (χ0n) is 12.2. The molecule has 2 unspecified atom stereocenters.